The van der Waals surface area contributed by atoms with Crippen LogP contribution in [0.4, 0.5) is 4.39 Å². The molecule has 0 aliphatic heterocycles. The van der Waals surface area contributed by atoms with Crippen LogP contribution in [-0.4, -0.2) is 23.6 Å². The fourth-order valence-corrected chi connectivity index (χ4v) is 2.10. The van der Waals surface area contributed by atoms with Crippen molar-refractivity contribution in [3.8, 4) is 22.8 Å². The van der Waals surface area contributed by atoms with Gasteiger partial charge < -0.3 is 13.9 Å². The van der Waals surface area contributed by atoms with Gasteiger partial charge in [-0.25, -0.2) is 9.37 Å². The summed E-state index contributed by atoms with van der Waals surface area (Å²) in [6.45, 7) is 0. The summed E-state index contributed by atoms with van der Waals surface area (Å²) < 4.78 is 25.4. The Labute approximate surface area is 115 Å². The zero-order valence-electron chi connectivity index (χ0n) is 11.1. The number of rotatable bonds is 3. The highest BCUT2D eigenvalue weighted by molar-refractivity contribution is 5.70. The number of benzene rings is 1. The van der Waals surface area contributed by atoms with E-state index in [9.17, 15) is 4.39 Å². The lowest BCUT2D eigenvalue weighted by Crippen LogP contribution is -1.90. The molecule has 0 N–H and O–H groups in total. The molecule has 0 saturated carbocycles. The Morgan fingerprint density at radius 3 is 2.65 bits per heavy atom. The van der Waals surface area contributed by atoms with E-state index in [1.807, 2.05) is 12.1 Å². The molecule has 5 heteroatoms. The van der Waals surface area contributed by atoms with E-state index >= 15 is 0 Å². The molecule has 1 aromatic carbocycles. The number of imidazole rings is 1. The minimum Gasteiger partial charge on any atom is -0.497 e. The lowest BCUT2D eigenvalue weighted by molar-refractivity contribution is 0.395. The van der Waals surface area contributed by atoms with Crippen molar-refractivity contribution in [3.05, 3.63) is 48.5 Å². The van der Waals surface area contributed by atoms with Gasteiger partial charge in [0, 0.05) is 24.0 Å². The Balaban J connectivity index is 2.14. The summed E-state index contributed by atoms with van der Waals surface area (Å²) in [6, 6.07) is 8.52. The maximum Gasteiger partial charge on any atom is 0.139 e. The Bertz CT molecular complexity index is 768. The third-order valence-corrected chi connectivity index (χ3v) is 3.10. The molecule has 2 heterocycles. The second-order valence-electron chi connectivity index (χ2n) is 4.31. The fourth-order valence-electron chi connectivity index (χ4n) is 2.10. The van der Waals surface area contributed by atoms with Gasteiger partial charge in [0.05, 0.1) is 19.9 Å². The summed E-state index contributed by atoms with van der Waals surface area (Å²) >= 11 is 0. The van der Waals surface area contributed by atoms with E-state index in [1.165, 1.54) is 12.3 Å². The van der Waals surface area contributed by atoms with Crippen LogP contribution in [0, 0.1) is 5.82 Å². The predicted octanol–water partition coefficient (Wildman–Crippen LogP) is 3.16. The summed E-state index contributed by atoms with van der Waals surface area (Å²) in [6.07, 6.45) is 3.16. The Kier molecular flexibility index (Phi) is 3.02. The number of nitrogens with zero attached hydrogens (tertiary/aromatic N) is 2. The van der Waals surface area contributed by atoms with Gasteiger partial charge in [-0.1, -0.05) is 0 Å². The average Bonchev–Trinajstić information content (AvgIpc) is 2.89. The second kappa shape index (κ2) is 4.85. The van der Waals surface area contributed by atoms with Crippen molar-refractivity contribution in [1.29, 1.82) is 0 Å². The molecule has 0 aliphatic rings. The van der Waals surface area contributed by atoms with Gasteiger partial charge in [-0.05, 0) is 24.3 Å². The SMILES string of the molecule is COc1ccc(-c2cn3cc(F)ccc3n2)c(OC)c1. The number of pyridine rings is 1. The number of ether oxygens (including phenoxy) is 2. The normalized spacial score (nSPS) is 10.8. The summed E-state index contributed by atoms with van der Waals surface area (Å²) in [5.74, 6) is 1.07. The number of methoxy groups -OCH3 is 2. The van der Waals surface area contributed by atoms with Crippen LogP contribution in [0.5, 0.6) is 11.5 Å². The molecule has 0 unspecified atom stereocenters. The lowest BCUT2D eigenvalue weighted by Gasteiger charge is -2.08. The predicted molar refractivity (Wildman–Crippen MR) is 73.7 cm³/mol. The molecule has 102 valence electrons. The Morgan fingerprint density at radius 2 is 1.90 bits per heavy atom. The third-order valence-electron chi connectivity index (χ3n) is 3.10. The van der Waals surface area contributed by atoms with Crippen molar-refractivity contribution < 1.29 is 13.9 Å². The van der Waals surface area contributed by atoms with E-state index in [0.717, 1.165) is 11.3 Å². The first-order valence-corrected chi connectivity index (χ1v) is 6.08. The van der Waals surface area contributed by atoms with Gasteiger partial charge in [0.1, 0.15) is 23.0 Å². The standard InChI is InChI=1S/C15H13FN2O2/c1-19-11-4-5-12(14(7-11)20-2)13-9-18-8-10(16)3-6-15(18)17-13/h3-9H,1-2H3. The molecule has 0 radical (unpaired) electrons. The fraction of sp³-hybridized carbons (Fsp3) is 0.133. The summed E-state index contributed by atoms with van der Waals surface area (Å²) in [4.78, 5) is 4.46. The van der Waals surface area contributed by atoms with Crippen molar-refractivity contribution >= 4 is 5.65 Å². The lowest BCUT2D eigenvalue weighted by atomic mass is 10.1. The molecule has 0 saturated heterocycles. The van der Waals surface area contributed by atoms with E-state index in [1.54, 1.807) is 36.9 Å². The van der Waals surface area contributed by atoms with Crippen LogP contribution in [-0.2, 0) is 0 Å². The van der Waals surface area contributed by atoms with Crippen molar-refractivity contribution in [2.24, 2.45) is 0 Å². The van der Waals surface area contributed by atoms with Crippen LogP contribution in [0.1, 0.15) is 0 Å². The molecular formula is C15H13FN2O2. The van der Waals surface area contributed by atoms with Crippen molar-refractivity contribution in [3.63, 3.8) is 0 Å². The number of aromatic nitrogens is 2. The maximum atomic E-state index is 13.2. The molecule has 0 atom stereocenters. The molecule has 0 fully saturated rings. The topological polar surface area (TPSA) is 35.8 Å². The van der Waals surface area contributed by atoms with Gasteiger partial charge in [-0.2, -0.15) is 0 Å². The second-order valence-corrected chi connectivity index (χ2v) is 4.31. The molecule has 3 rings (SSSR count). The van der Waals surface area contributed by atoms with E-state index in [0.29, 0.717) is 17.1 Å². The van der Waals surface area contributed by atoms with Gasteiger partial charge in [0.15, 0.2) is 0 Å². The molecule has 3 aromatic rings. The minimum atomic E-state index is -0.303. The smallest absolute Gasteiger partial charge is 0.139 e. The summed E-state index contributed by atoms with van der Waals surface area (Å²) in [5.41, 5.74) is 2.23. The van der Waals surface area contributed by atoms with Crippen LogP contribution in [0.15, 0.2) is 42.7 Å². The summed E-state index contributed by atoms with van der Waals surface area (Å²) in [7, 11) is 3.19. The maximum absolute atomic E-state index is 13.2. The number of halogens is 1. The van der Waals surface area contributed by atoms with E-state index in [4.69, 9.17) is 9.47 Å². The van der Waals surface area contributed by atoms with Gasteiger partial charge in [-0.3, -0.25) is 0 Å². The number of fused-ring (bicyclic) bond motifs is 1. The molecule has 4 nitrogen and oxygen atoms in total. The van der Waals surface area contributed by atoms with Crippen molar-refractivity contribution in [2.75, 3.05) is 14.2 Å². The molecule has 20 heavy (non-hydrogen) atoms. The van der Waals surface area contributed by atoms with Crippen LogP contribution >= 0.6 is 0 Å². The minimum absolute atomic E-state index is 0.303. The highest BCUT2D eigenvalue weighted by Crippen LogP contribution is 2.32. The highest BCUT2D eigenvalue weighted by Gasteiger charge is 2.11. The zero-order chi connectivity index (χ0) is 14.1. The van der Waals surface area contributed by atoms with E-state index in [-0.39, 0.29) is 5.82 Å². The summed E-state index contributed by atoms with van der Waals surface area (Å²) in [5, 5.41) is 0. The molecule has 0 spiro atoms. The van der Waals surface area contributed by atoms with Crippen molar-refractivity contribution in [2.45, 2.75) is 0 Å². The Hall–Kier alpha value is -2.56. The number of hydrogen-bond acceptors (Lipinski definition) is 3. The van der Waals surface area contributed by atoms with Crippen LogP contribution in [0.25, 0.3) is 16.9 Å². The van der Waals surface area contributed by atoms with Gasteiger partial charge in [0.2, 0.25) is 0 Å². The van der Waals surface area contributed by atoms with Crippen LogP contribution in [0.3, 0.4) is 0 Å². The third kappa shape index (κ3) is 2.07. The molecule has 0 aliphatic carbocycles. The van der Waals surface area contributed by atoms with Gasteiger partial charge in [0.25, 0.3) is 0 Å². The number of hydrogen-bond donors (Lipinski definition) is 0. The molecular weight excluding hydrogens is 259 g/mol. The van der Waals surface area contributed by atoms with Crippen molar-refractivity contribution in [1.82, 2.24) is 9.38 Å². The monoisotopic (exact) mass is 272 g/mol. The quantitative estimate of drug-likeness (QED) is 0.734. The zero-order valence-corrected chi connectivity index (χ0v) is 11.1. The molecule has 2 aromatic heterocycles. The van der Waals surface area contributed by atoms with Gasteiger partial charge in [-0.15, -0.1) is 0 Å². The first kappa shape index (κ1) is 12.5. The highest BCUT2D eigenvalue weighted by atomic mass is 19.1. The van der Waals surface area contributed by atoms with Crippen LogP contribution < -0.4 is 9.47 Å². The first-order chi connectivity index (χ1) is 9.71. The molecule has 0 amide bonds. The van der Waals surface area contributed by atoms with Gasteiger partial charge >= 0.3 is 0 Å². The van der Waals surface area contributed by atoms with Crippen LogP contribution in [0.2, 0.25) is 0 Å². The van der Waals surface area contributed by atoms with E-state index in [2.05, 4.69) is 4.98 Å². The molecule has 0 bridgehead atoms. The average molecular weight is 272 g/mol. The van der Waals surface area contributed by atoms with E-state index < -0.39 is 0 Å². The Morgan fingerprint density at radius 1 is 1.05 bits per heavy atom. The first-order valence-electron chi connectivity index (χ1n) is 6.08. The largest absolute Gasteiger partial charge is 0.497 e.